The molecule has 2 aromatic rings. The minimum atomic E-state index is -0.241. The molecular formula is C13H15FN2O. The number of benzene rings is 1. The van der Waals surface area contributed by atoms with E-state index in [0.29, 0.717) is 11.7 Å². The highest BCUT2D eigenvalue weighted by atomic mass is 19.1. The third-order valence-corrected chi connectivity index (χ3v) is 2.78. The van der Waals surface area contributed by atoms with Gasteiger partial charge in [-0.1, -0.05) is 0 Å². The zero-order valence-corrected chi connectivity index (χ0v) is 10.1. The molecule has 90 valence electrons. The minimum absolute atomic E-state index is 0.0597. The molecule has 0 fully saturated rings. The van der Waals surface area contributed by atoms with Gasteiger partial charge in [-0.25, -0.2) is 9.37 Å². The van der Waals surface area contributed by atoms with Gasteiger partial charge in [-0.3, -0.25) is 0 Å². The van der Waals surface area contributed by atoms with Gasteiger partial charge < -0.3 is 9.73 Å². The van der Waals surface area contributed by atoms with Crippen LogP contribution in [0.2, 0.25) is 0 Å². The molecule has 1 N–H and O–H groups in total. The Morgan fingerprint density at radius 2 is 2.18 bits per heavy atom. The normalized spacial score (nSPS) is 12.7. The smallest absolute Gasteiger partial charge is 0.211 e. The van der Waals surface area contributed by atoms with E-state index >= 15 is 0 Å². The van der Waals surface area contributed by atoms with Gasteiger partial charge >= 0.3 is 0 Å². The summed E-state index contributed by atoms with van der Waals surface area (Å²) in [6, 6.07) is 4.67. The molecule has 0 radical (unpaired) electrons. The molecule has 1 atom stereocenters. The van der Waals surface area contributed by atoms with Crippen LogP contribution in [0.25, 0.3) is 11.3 Å². The molecule has 0 aliphatic heterocycles. The quantitative estimate of drug-likeness (QED) is 0.886. The van der Waals surface area contributed by atoms with E-state index in [4.69, 9.17) is 4.42 Å². The van der Waals surface area contributed by atoms with Gasteiger partial charge in [-0.2, -0.15) is 0 Å². The lowest BCUT2D eigenvalue weighted by Gasteiger charge is -2.05. The predicted molar refractivity (Wildman–Crippen MR) is 64.1 cm³/mol. The Kier molecular flexibility index (Phi) is 3.24. The topological polar surface area (TPSA) is 38.1 Å². The molecule has 0 aliphatic carbocycles. The molecule has 17 heavy (non-hydrogen) atoms. The highest BCUT2D eigenvalue weighted by Gasteiger charge is 2.12. The van der Waals surface area contributed by atoms with Gasteiger partial charge in [0, 0.05) is 5.56 Å². The Bertz CT molecular complexity index is 522. The molecule has 1 aromatic heterocycles. The summed E-state index contributed by atoms with van der Waals surface area (Å²) in [6.07, 6.45) is 1.67. The van der Waals surface area contributed by atoms with E-state index in [1.165, 1.54) is 12.1 Å². The van der Waals surface area contributed by atoms with Crippen molar-refractivity contribution in [1.29, 1.82) is 0 Å². The highest BCUT2D eigenvalue weighted by molar-refractivity contribution is 5.60. The van der Waals surface area contributed by atoms with Crippen LogP contribution in [0.15, 0.2) is 28.8 Å². The van der Waals surface area contributed by atoms with Crippen molar-refractivity contribution in [2.45, 2.75) is 19.9 Å². The Morgan fingerprint density at radius 3 is 2.82 bits per heavy atom. The number of nitrogens with one attached hydrogen (secondary N) is 1. The molecule has 0 saturated heterocycles. The van der Waals surface area contributed by atoms with E-state index in [-0.39, 0.29) is 11.9 Å². The Morgan fingerprint density at radius 1 is 1.41 bits per heavy atom. The molecular weight excluding hydrogens is 219 g/mol. The average molecular weight is 234 g/mol. The Hall–Kier alpha value is -1.68. The van der Waals surface area contributed by atoms with Crippen molar-refractivity contribution in [2.75, 3.05) is 7.05 Å². The maximum atomic E-state index is 13.0. The van der Waals surface area contributed by atoms with E-state index in [9.17, 15) is 4.39 Å². The number of oxazole rings is 1. The second kappa shape index (κ2) is 4.67. The Balaban J connectivity index is 2.37. The number of aryl methyl sites for hydroxylation is 1. The van der Waals surface area contributed by atoms with Crippen LogP contribution in [-0.2, 0) is 0 Å². The van der Waals surface area contributed by atoms with Crippen LogP contribution >= 0.6 is 0 Å². The summed E-state index contributed by atoms with van der Waals surface area (Å²) >= 11 is 0. The van der Waals surface area contributed by atoms with Crippen LogP contribution < -0.4 is 5.32 Å². The zero-order chi connectivity index (χ0) is 12.4. The summed E-state index contributed by atoms with van der Waals surface area (Å²) in [7, 11) is 1.84. The van der Waals surface area contributed by atoms with Crippen LogP contribution in [0.3, 0.4) is 0 Å². The minimum Gasteiger partial charge on any atom is -0.439 e. The number of hydrogen-bond acceptors (Lipinski definition) is 3. The summed E-state index contributed by atoms with van der Waals surface area (Å²) in [5.41, 5.74) is 1.71. The molecule has 4 heteroatoms. The summed E-state index contributed by atoms with van der Waals surface area (Å²) in [5.74, 6) is 1.06. The van der Waals surface area contributed by atoms with E-state index in [1.807, 2.05) is 20.9 Å². The van der Waals surface area contributed by atoms with E-state index in [0.717, 1.165) is 11.1 Å². The lowest BCUT2D eigenvalue weighted by atomic mass is 10.1. The second-order valence-electron chi connectivity index (χ2n) is 4.03. The van der Waals surface area contributed by atoms with E-state index < -0.39 is 0 Å². The van der Waals surface area contributed by atoms with Crippen LogP contribution in [-0.4, -0.2) is 12.0 Å². The Labute approximate surface area is 99.7 Å². The number of nitrogens with zero attached hydrogens (tertiary/aromatic N) is 1. The summed E-state index contributed by atoms with van der Waals surface area (Å²) in [5, 5.41) is 3.05. The first-order valence-electron chi connectivity index (χ1n) is 5.51. The third kappa shape index (κ3) is 2.36. The van der Waals surface area contributed by atoms with Gasteiger partial charge in [0.1, 0.15) is 5.82 Å². The van der Waals surface area contributed by atoms with Crippen LogP contribution in [0, 0.1) is 12.7 Å². The van der Waals surface area contributed by atoms with E-state index in [1.54, 1.807) is 12.3 Å². The summed E-state index contributed by atoms with van der Waals surface area (Å²) < 4.78 is 18.6. The zero-order valence-electron chi connectivity index (χ0n) is 10.1. The second-order valence-corrected chi connectivity index (χ2v) is 4.03. The molecule has 3 nitrogen and oxygen atoms in total. The first kappa shape index (κ1) is 11.8. The average Bonchev–Trinajstić information content (AvgIpc) is 2.77. The van der Waals surface area contributed by atoms with Gasteiger partial charge in [-0.05, 0) is 44.7 Å². The lowest BCUT2D eigenvalue weighted by Crippen LogP contribution is -2.12. The first-order chi connectivity index (χ1) is 8.11. The largest absolute Gasteiger partial charge is 0.439 e. The predicted octanol–water partition coefficient (Wildman–Crippen LogP) is 3.07. The maximum absolute atomic E-state index is 13.0. The van der Waals surface area contributed by atoms with Gasteiger partial charge in [0.15, 0.2) is 5.76 Å². The van der Waals surface area contributed by atoms with Crippen LogP contribution in [0.4, 0.5) is 4.39 Å². The fourth-order valence-corrected chi connectivity index (χ4v) is 1.64. The molecule has 0 aliphatic rings. The van der Waals surface area contributed by atoms with Crippen molar-refractivity contribution in [3.05, 3.63) is 41.7 Å². The summed E-state index contributed by atoms with van der Waals surface area (Å²) in [4.78, 5) is 4.20. The molecule has 0 amide bonds. The highest BCUT2D eigenvalue weighted by Crippen LogP contribution is 2.26. The fraction of sp³-hybridized carbons (Fsp3) is 0.308. The molecule has 1 unspecified atom stereocenters. The SMILES string of the molecule is CNC(C)c1ncc(-c2ccc(F)cc2C)o1. The molecule has 1 aromatic carbocycles. The maximum Gasteiger partial charge on any atom is 0.211 e. The number of hydrogen-bond donors (Lipinski definition) is 1. The van der Waals surface area contributed by atoms with Gasteiger partial charge in [0.05, 0.1) is 12.2 Å². The number of rotatable bonds is 3. The van der Waals surface area contributed by atoms with Crippen molar-refractivity contribution >= 4 is 0 Å². The van der Waals surface area contributed by atoms with Gasteiger partial charge in [0.2, 0.25) is 5.89 Å². The molecule has 0 saturated carbocycles. The number of aromatic nitrogens is 1. The van der Waals surface area contributed by atoms with Crippen LogP contribution in [0.1, 0.15) is 24.4 Å². The molecule has 2 rings (SSSR count). The lowest BCUT2D eigenvalue weighted by molar-refractivity contribution is 0.441. The van der Waals surface area contributed by atoms with Crippen LogP contribution in [0.5, 0.6) is 0 Å². The summed E-state index contributed by atoms with van der Waals surface area (Å²) in [6.45, 7) is 3.81. The van der Waals surface area contributed by atoms with Gasteiger partial charge in [-0.15, -0.1) is 0 Å². The van der Waals surface area contributed by atoms with Gasteiger partial charge in [0.25, 0.3) is 0 Å². The third-order valence-electron chi connectivity index (χ3n) is 2.78. The monoisotopic (exact) mass is 234 g/mol. The standard InChI is InChI=1S/C13H15FN2O/c1-8-6-10(14)4-5-11(8)12-7-16-13(17-12)9(2)15-3/h4-7,9,15H,1-3H3. The molecule has 0 spiro atoms. The van der Waals surface area contributed by atoms with E-state index in [2.05, 4.69) is 10.3 Å². The molecule has 0 bridgehead atoms. The van der Waals surface area contributed by atoms with Crippen molar-refractivity contribution < 1.29 is 8.81 Å². The molecule has 1 heterocycles. The number of halogens is 1. The van der Waals surface area contributed by atoms with Crippen molar-refractivity contribution in [3.8, 4) is 11.3 Å². The van der Waals surface area contributed by atoms with Crippen molar-refractivity contribution in [3.63, 3.8) is 0 Å². The fourth-order valence-electron chi connectivity index (χ4n) is 1.64. The first-order valence-corrected chi connectivity index (χ1v) is 5.51. The van der Waals surface area contributed by atoms with Crippen molar-refractivity contribution in [1.82, 2.24) is 10.3 Å². The van der Waals surface area contributed by atoms with Crippen molar-refractivity contribution in [2.24, 2.45) is 0 Å².